The largest absolute Gasteiger partial charge is 0.493 e. The zero-order valence-electron chi connectivity index (χ0n) is 16.1. The number of fused-ring (bicyclic) bond motifs is 2. The topological polar surface area (TPSA) is 46.8 Å². The molecule has 140 valence electrons. The van der Waals surface area contributed by atoms with Crippen molar-refractivity contribution in [3.05, 3.63) is 48.2 Å². The van der Waals surface area contributed by atoms with Gasteiger partial charge in [0.25, 0.3) is 0 Å². The summed E-state index contributed by atoms with van der Waals surface area (Å²) in [4.78, 5) is 14.1. The molecule has 0 radical (unpaired) electrons. The summed E-state index contributed by atoms with van der Waals surface area (Å²) in [5.41, 5.74) is 5.02. The van der Waals surface area contributed by atoms with Gasteiger partial charge in [0.2, 0.25) is 5.91 Å². The maximum Gasteiger partial charge on any atom is 0.224 e. The lowest BCUT2D eigenvalue weighted by molar-refractivity contribution is -0.117. The predicted molar refractivity (Wildman–Crippen MR) is 107 cm³/mol. The highest BCUT2D eigenvalue weighted by molar-refractivity contribution is 5.95. The lowest BCUT2D eigenvalue weighted by Gasteiger charge is -2.35. The third-order valence-corrected chi connectivity index (χ3v) is 5.18. The van der Waals surface area contributed by atoms with Gasteiger partial charge in [0.1, 0.15) is 5.75 Å². The zero-order chi connectivity index (χ0) is 19.0. The molecule has 0 aliphatic carbocycles. The highest BCUT2D eigenvalue weighted by Gasteiger charge is 2.30. The molecule has 4 rings (SSSR count). The number of anilines is 1. The van der Waals surface area contributed by atoms with Gasteiger partial charge in [-0.3, -0.25) is 4.79 Å². The Bertz CT molecular complexity index is 959. The van der Waals surface area contributed by atoms with Gasteiger partial charge in [-0.1, -0.05) is 13.0 Å². The van der Waals surface area contributed by atoms with Gasteiger partial charge < -0.3 is 9.64 Å². The number of nitrogens with zero attached hydrogens (tertiary/aromatic N) is 3. The molecule has 5 nitrogen and oxygen atoms in total. The third kappa shape index (κ3) is 3.07. The molecule has 1 unspecified atom stereocenters. The van der Waals surface area contributed by atoms with Crippen LogP contribution in [0.5, 0.6) is 5.75 Å². The normalized spacial score (nSPS) is 16.4. The van der Waals surface area contributed by atoms with E-state index < -0.39 is 0 Å². The molecule has 1 aromatic carbocycles. The number of carbonyl (C=O) groups excluding carboxylic acids is 1. The van der Waals surface area contributed by atoms with Gasteiger partial charge in [-0.15, -0.1) is 0 Å². The molecular formula is C22H25N3O2. The number of pyridine rings is 1. The second-order valence-electron chi connectivity index (χ2n) is 7.16. The Morgan fingerprint density at radius 1 is 1.30 bits per heavy atom. The number of aromatic nitrogens is 2. The van der Waals surface area contributed by atoms with Crippen LogP contribution in [0.3, 0.4) is 0 Å². The molecule has 3 heterocycles. The standard InChI is InChI=1S/C22H25N3O2/c1-4-13-27-22-18(20-14-17-7-5-6-12-24(17)23-20)10-11-21-19(22)9-8-15(2)25(21)16(3)26/h5-7,10-12,14-15H,4,8-9,13H2,1-3H3. The van der Waals surface area contributed by atoms with Crippen LogP contribution in [0.1, 0.15) is 39.2 Å². The van der Waals surface area contributed by atoms with Crippen LogP contribution in [0.2, 0.25) is 0 Å². The van der Waals surface area contributed by atoms with Crippen LogP contribution in [-0.4, -0.2) is 28.2 Å². The second-order valence-corrected chi connectivity index (χ2v) is 7.16. The van der Waals surface area contributed by atoms with E-state index in [-0.39, 0.29) is 11.9 Å². The van der Waals surface area contributed by atoms with Crippen LogP contribution in [0, 0.1) is 0 Å². The first-order valence-corrected chi connectivity index (χ1v) is 9.63. The minimum absolute atomic E-state index is 0.0744. The van der Waals surface area contributed by atoms with E-state index in [2.05, 4.69) is 19.9 Å². The van der Waals surface area contributed by atoms with Crippen LogP contribution in [0.15, 0.2) is 42.6 Å². The maximum atomic E-state index is 12.2. The highest BCUT2D eigenvalue weighted by Crippen LogP contribution is 2.42. The average molecular weight is 363 g/mol. The quantitative estimate of drug-likeness (QED) is 0.687. The molecule has 27 heavy (non-hydrogen) atoms. The molecule has 0 fully saturated rings. The van der Waals surface area contributed by atoms with E-state index in [1.165, 1.54) is 0 Å². The van der Waals surface area contributed by atoms with Crippen molar-refractivity contribution in [1.29, 1.82) is 0 Å². The first kappa shape index (κ1) is 17.6. The van der Waals surface area contributed by atoms with Crippen LogP contribution < -0.4 is 9.64 Å². The van der Waals surface area contributed by atoms with Gasteiger partial charge in [-0.2, -0.15) is 5.10 Å². The Morgan fingerprint density at radius 2 is 2.15 bits per heavy atom. The van der Waals surface area contributed by atoms with Gasteiger partial charge in [-0.25, -0.2) is 4.52 Å². The summed E-state index contributed by atoms with van der Waals surface area (Å²) in [7, 11) is 0. The van der Waals surface area contributed by atoms with Crippen molar-refractivity contribution < 1.29 is 9.53 Å². The number of amides is 1. The fraction of sp³-hybridized carbons (Fsp3) is 0.364. The summed E-state index contributed by atoms with van der Waals surface area (Å²) >= 11 is 0. The van der Waals surface area contributed by atoms with Crippen LogP contribution in [0.25, 0.3) is 16.8 Å². The summed E-state index contributed by atoms with van der Waals surface area (Å²) in [5, 5.41) is 4.73. The van der Waals surface area contributed by atoms with Crippen molar-refractivity contribution in [1.82, 2.24) is 9.61 Å². The predicted octanol–water partition coefficient (Wildman–Crippen LogP) is 4.48. The second kappa shape index (κ2) is 7.06. The summed E-state index contributed by atoms with van der Waals surface area (Å²) in [6, 6.07) is 12.4. The molecule has 3 aromatic rings. The first-order valence-electron chi connectivity index (χ1n) is 9.63. The van der Waals surface area contributed by atoms with Gasteiger partial charge in [0.05, 0.1) is 23.5 Å². The van der Waals surface area contributed by atoms with E-state index in [0.717, 1.165) is 53.0 Å². The summed E-state index contributed by atoms with van der Waals surface area (Å²) in [5.74, 6) is 0.946. The van der Waals surface area contributed by atoms with E-state index >= 15 is 0 Å². The van der Waals surface area contributed by atoms with E-state index in [0.29, 0.717) is 6.61 Å². The monoisotopic (exact) mass is 363 g/mol. The summed E-state index contributed by atoms with van der Waals surface area (Å²) < 4.78 is 8.09. The molecule has 0 saturated heterocycles. The van der Waals surface area contributed by atoms with Crippen molar-refractivity contribution in [3.63, 3.8) is 0 Å². The molecule has 2 aromatic heterocycles. The Morgan fingerprint density at radius 3 is 2.89 bits per heavy atom. The van der Waals surface area contributed by atoms with Crippen LogP contribution in [-0.2, 0) is 11.2 Å². The molecule has 0 N–H and O–H groups in total. The van der Waals surface area contributed by atoms with Crippen molar-refractivity contribution >= 4 is 17.1 Å². The van der Waals surface area contributed by atoms with Crippen molar-refractivity contribution in [2.24, 2.45) is 0 Å². The fourth-order valence-corrected chi connectivity index (χ4v) is 3.92. The van der Waals surface area contributed by atoms with E-state index in [1.807, 2.05) is 45.9 Å². The molecule has 1 amide bonds. The van der Waals surface area contributed by atoms with Gasteiger partial charge in [0, 0.05) is 30.3 Å². The van der Waals surface area contributed by atoms with Gasteiger partial charge >= 0.3 is 0 Å². The average Bonchev–Trinajstić information content (AvgIpc) is 3.09. The summed E-state index contributed by atoms with van der Waals surface area (Å²) in [6.45, 7) is 6.48. The SMILES string of the molecule is CCCOc1c(-c2cc3ccccn3n2)ccc2c1CCC(C)N2C(C)=O. The Hall–Kier alpha value is -2.82. The lowest BCUT2D eigenvalue weighted by Crippen LogP contribution is -2.40. The lowest BCUT2D eigenvalue weighted by atomic mass is 9.92. The minimum atomic E-state index is 0.0744. The van der Waals surface area contributed by atoms with Crippen molar-refractivity contribution in [2.45, 2.75) is 46.1 Å². The van der Waals surface area contributed by atoms with E-state index in [4.69, 9.17) is 9.84 Å². The Labute approximate surface area is 159 Å². The summed E-state index contributed by atoms with van der Waals surface area (Å²) in [6.07, 6.45) is 4.72. The number of rotatable bonds is 4. The highest BCUT2D eigenvalue weighted by atomic mass is 16.5. The van der Waals surface area contributed by atoms with E-state index in [9.17, 15) is 4.79 Å². The first-order chi connectivity index (χ1) is 13.1. The Balaban J connectivity index is 1.88. The number of benzene rings is 1. The number of carbonyl (C=O) groups is 1. The molecule has 0 bridgehead atoms. The number of hydrogen-bond donors (Lipinski definition) is 0. The van der Waals surface area contributed by atoms with Crippen molar-refractivity contribution in [2.75, 3.05) is 11.5 Å². The smallest absolute Gasteiger partial charge is 0.224 e. The molecule has 0 spiro atoms. The molecule has 0 saturated carbocycles. The maximum absolute atomic E-state index is 12.2. The van der Waals surface area contributed by atoms with Crippen LogP contribution in [0.4, 0.5) is 5.69 Å². The molecule has 1 atom stereocenters. The third-order valence-electron chi connectivity index (χ3n) is 5.18. The Kier molecular flexibility index (Phi) is 4.60. The molecule has 1 aliphatic rings. The number of hydrogen-bond acceptors (Lipinski definition) is 3. The van der Waals surface area contributed by atoms with Gasteiger partial charge in [-0.05, 0) is 56.5 Å². The van der Waals surface area contributed by atoms with Crippen LogP contribution >= 0.6 is 0 Å². The molecule has 5 heteroatoms. The van der Waals surface area contributed by atoms with Gasteiger partial charge in [0.15, 0.2) is 0 Å². The minimum Gasteiger partial charge on any atom is -0.493 e. The molecule has 1 aliphatic heterocycles. The zero-order valence-corrected chi connectivity index (χ0v) is 16.1. The number of ether oxygens (including phenoxy) is 1. The fourth-order valence-electron chi connectivity index (χ4n) is 3.92. The van der Waals surface area contributed by atoms with Crippen molar-refractivity contribution in [3.8, 4) is 17.0 Å². The van der Waals surface area contributed by atoms with E-state index in [1.54, 1.807) is 6.92 Å². The molecular weight excluding hydrogens is 338 g/mol.